The molecule has 0 aliphatic rings. The summed E-state index contributed by atoms with van der Waals surface area (Å²) in [5.41, 5.74) is 0.718. The van der Waals surface area contributed by atoms with Gasteiger partial charge in [-0.2, -0.15) is 0 Å². The van der Waals surface area contributed by atoms with Crippen LogP contribution in [0.5, 0.6) is 0 Å². The molecular weight excluding hydrogens is 321 g/mol. The molecule has 0 unspecified atom stereocenters. The minimum atomic E-state index is -1.13. The van der Waals surface area contributed by atoms with Gasteiger partial charge in [-0.3, -0.25) is 4.79 Å². The van der Waals surface area contributed by atoms with Gasteiger partial charge in [-0.05, 0) is 37.3 Å². The van der Waals surface area contributed by atoms with Crippen LogP contribution in [0, 0.1) is 5.82 Å². The molecule has 2 N–H and O–H groups in total. The van der Waals surface area contributed by atoms with Gasteiger partial charge in [0.1, 0.15) is 5.82 Å². The van der Waals surface area contributed by atoms with Gasteiger partial charge in [0.15, 0.2) is 0 Å². The van der Waals surface area contributed by atoms with Crippen LogP contribution in [0.2, 0.25) is 5.02 Å². The van der Waals surface area contributed by atoms with Crippen LogP contribution in [-0.4, -0.2) is 17.0 Å². The van der Waals surface area contributed by atoms with E-state index in [4.69, 9.17) is 16.7 Å². The number of hydrogen-bond donors (Lipinski definition) is 2. The Morgan fingerprint density at radius 2 is 1.91 bits per heavy atom. The lowest BCUT2D eigenvalue weighted by atomic mass is 10.1. The maximum atomic E-state index is 13.6. The van der Waals surface area contributed by atoms with E-state index in [-0.39, 0.29) is 27.4 Å². The van der Waals surface area contributed by atoms with Gasteiger partial charge in [0.2, 0.25) is 0 Å². The Labute approximate surface area is 137 Å². The second-order valence-corrected chi connectivity index (χ2v) is 5.21. The molecule has 0 atom stereocenters. The molecule has 6 heteroatoms. The lowest BCUT2D eigenvalue weighted by Crippen LogP contribution is -2.13. The van der Waals surface area contributed by atoms with Crippen molar-refractivity contribution in [2.45, 2.75) is 6.92 Å². The Bertz CT molecular complexity index is 802. The number of carbonyl (C=O) groups excluding carboxylic acids is 1. The first kappa shape index (κ1) is 16.7. The topological polar surface area (TPSA) is 66.4 Å². The number of hydrogen-bond acceptors (Lipinski definition) is 2. The third kappa shape index (κ3) is 4.17. The van der Waals surface area contributed by atoms with Gasteiger partial charge in [0.05, 0.1) is 16.3 Å². The van der Waals surface area contributed by atoms with Gasteiger partial charge in [-0.25, -0.2) is 9.18 Å². The van der Waals surface area contributed by atoms with Crippen molar-refractivity contribution in [3.63, 3.8) is 0 Å². The quantitative estimate of drug-likeness (QED) is 0.823. The number of carbonyl (C=O) groups is 2. The van der Waals surface area contributed by atoms with E-state index in [1.165, 1.54) is 37.3 Å². The SMILES string of the molecule is CC(=Cc1ccccc1F)C(=O)Nc1cc(C(=O)O)ccc1Cl. The summed E-state index contributed by atoms with van der Waals surface area (Å²) in [6.45, 7) is 1.52. The summed E-state index contributed by atoms with van der Waals surface area (Å²) in [4.78, 5) is 23.1. The van der Waals surface area contributed by atoms with Crippen LogP contribution < -0.4 is 5.32 Å². The predicted molar refractivity (Wildman–Crippen MR) is 87.1 cm³/mol. The molecule has 0 bridgehead atoms. The van der Waals surface area contributed by atoms with E-state index in [0.29, 0.717) is 0 Å². The summed E-state index contributed by atoms with van der Waals surface area (Å²) < 4.78 is 13.6. The minimum Gasteiger partial charge on any atom is -0.478 e. The second kappa shape index (κ2) is 7.07. The van der Waals surface area contributed by atoms with Gasteiger partial charge in [-0.15, -0.1) is 0 Å². The molecule has 1 amide bonds. The molecule has 0 aliphatic carbocycles. The maximum Gasteiger partial charge on any atom is 0.335 e. The van der Waals surface area contributed by atoms with Gasteiger partial charge >= 0.3 is 5.97 Å². The Morgan fingerprint density at radius 3 is 2.57 bits per heavy atom. The number of benzene rings is 2. The minimum absolute atomic E-state index is 0.000404. The highest BCUT2D eigenvalue weighted by molar-refractivity contribution is 6.34. The standard InChI is InChI=1S/C17H13ClFNO3/c1-10(8-11-4-2-3-5-14(11)19)16(21)20-15-9-12(17(22)23)6-7-13(15)18/h2-9H,1H3,(H,20,21)(H,22,23). The summed E-state index contributed by atoms with van der Waals surface area (Å²) in [6, 6.07) is 10.0. The highest BCUT2D eigenvalue weighted by atomic mass is 35.5. The van der Waals surface area contributed by atoms with Crippen molar-refractivity contribution in [3.8, 4) is 0 Å². The van der Waals surface area contributed by atoms with Crippen LogP contribution >= 0.6 is 11.6 Å². The Kier molecular flexibility index (Phi) is 5.13. The van der Waals surface area contributed by atoms with Crippen LogP contribution in [-0.2, 0) is 4.79 Å². The number of carboxylic acids is 1. The number of rotatable bonds is 4. The van der Waals surface area contributed by atoms with Crippen molar-refractivity contribution in [2.75, 3.05) is 5.32 Å². The molecule has 0 fully saturated rings. The molecule has 0 spiro atoms. The number of amides is 1. The van der Waals surface area contributed by atoms with Crippen molar-refractivity contribution in [3.05, 3.63) is 70.0 Å². The fraction of sp³-hybridized carbons (Fsp3) is 0.0588. The van der Waals surface area contributed by atoms with Crippen molar-refractivity contribution < 1.29 is 19.1 Å². The fourth-order valence-corrected chi connectivity index (χ4v) is 2.03. The van der Waals surface area contributed by atoms with E-state index in [2.05, 4.69) is 5.32 Å². The molecule has 0 aliphatic heterocycles. The van der Waals surface area contributed by atoms with E-state index in [1.807, 2.05) is 0 Å². The summed E-state index contributed by atoms with van der Waals surface area (Å²) in [5.74, 6) is -2.07. The predicted octanol–water partition coefficient (Wildman–Crippen LogP) is 4.22. The van der Waals surface area contributed by atoms with Crippen LogP contribution in [0.15, 0.2) is 48.0 Å². The Balaban J connectivity index is 2.23. The Morgan fingerprint density at radius 1 is 1.22 bits per heavy atom. The van der Waals surface area contributed by atoms with Gasteiger partial charge in [0, 0.05) is 11.1 Å². The van der Waals surface area contributed by atoms with Crippen LogP contribution in [0.3, 0.4) is 0 Å². The van der Waals surface area contributed by atoms with Gasteiger partial charge in [-0.1, -0.05) is 29.8 Å². The van der Waals surface area contributed by atoms with Crippen molar-refractivity contribution in [1.82, 2.24) is 0 Å². The number of halogens is 2. The van der Waals surface area contributed by atoms with Crippen LogP contribution in [0.25, 0.3) is 6.08 Å². The van der Waals surface area contributed by atoms with E-state index < -0.39 is 17.7 Å². The van der Waals surface area contributed by atoms with E-state index in [9.17, 15) is 14.0 Å². The fourth-order valence-electron chi connectivity index (χ4n) is 1.87. The largest absolute Gasteiger partial charge is 0.478 e. The molecule has 0 saturated carbocycles. The lowest BCUT2D eigenvalue weighted by Gasteiger charge is -2.09. The molecule has 0 saturated heterocycles. The highest BCUT2D eigenvalue weighted by Crippen LogP contribution is 2.24. The molecule has 0 heterocycles. The number of aromatic carboxylic acids is 1. The first-order valence-corrected chi connectivity index (χ1v) is 7.03. The number of nitrogens with one attached hydrogen (secondary N) is 1. The molecular formula is C17H13ClFNO3. The zero-order valence-corrected chi connectivity index (χ0v) is 12.9. The first-order valence-electron chi connectivity index (χ1n) is 6.65. The average molecular weight is 334 g/mol. The number of anilines is 1. The molecule has 0 radical (unpaired) electrons. The summed E-state index contributed by atoms with van der Waals surface area (Å²) in [6.07, 6.45) is 1.40. The summed E-state index contributed by atoms with van der Waals surface area (Å²) in [7, 11) is 0. The molecule has 0 aromatic heterocycles. The third-order valence-corrected chi connectivity index (χ3v) is 3.43. The van der Waals surface area contributed by atoms with Crippen LogP contribution in [0.4, 0.5) is 10.1 Å². The van der Waals surface area contributed by atoms with E-state index in [0.717, 1.165) is 0 Å². The molecule has 2 aromatic rings. The average Bonchev–Trinajstić information content (AvgIpc) is 2.51. The zero-order chi connectivity index (χ0) is 17.0. The lowest BCUT2D eigenvalue weighted by molar-refractivity contribution is -0.112. The Hall–Kier alpha value is -2.66. The van der Waals surface area contributed by atoms with Crippen molar-refractivity contribution in [1.29, 1.82) is 0 Å². The zero-order valence-electron chi connectivity index (χ0n) is 12.1. The maximum absolute atomic E-state index is 13.6. The number of carboxylic acid groups (broad SMARTS) is 1. The van der Waals surface area contributed by atoms with Gasteiger partial charge < -0.3 is 10.4 Å². The highest BCUT2D eigenvalue weighted by Gasteiger charge is 2.11. The molecule has 23 heavy (non-hydrogen) atoms. The van der Waals surface area contributed by atoms with Crippen LogP contribution in [0.1, 0.15) is 22.8 Å². The second-order valence-electron chi connectivity index (χ2n) is 4.80. The normalized spacial score (nSPS) is 11.2. The first-order chi connectivity index (χ1) is 10.9. The smallest absolute Gasteiger partial charge is 0.335 e. The van der Waals surface area contributed by atoms with E-state index in [1.54, 1.807) is 18.2 Å². The molecule has 2 aromatic carbocycles. The van der Waals surface area contributed by atoms with Crippen molar-refractivity contribution in [2.24, 2.45) is 0 Å². The molecule has 118 valence electrons. The van der Waals surface area contributed by atoms with Crippen molar-refractivity contribution >= 4 is 35.2 Å². The van der Waals surface area contributed by atoms with Gasteiger partial charge in [0.25, 0.3) is 5.91 Å². The van der Waals surface area contributed by atoms with E-state index >= 15 is 0 Å². The third-order valence-electron chi connectivity index (χ3n) is 3.10. The summed E-state index contributed by atoms with van der Waals surface area (Å²) in [5, 5.41) is 11.7. The summed E-state index contributed by atoms with van der Waals surface area (Å²) >= 11 is 5.95. The molecule has 4 nitrogen and oxygen atoms in total. The molecule has 2 rings (SSSR count). The monoisotopic (exact) mass is 333 g/mol.